The van der Waals surface area contributed by atoms with E-state index in [0.29, 0.717) is 35.4 Å². The van der Waals surface area contributed by atoms with Gasteiger partial charge in [0, 0.05) is 12.7 Å². The van der Waals surface area contributed by atoms with Gasteiger partial charge < -0.3 is 19.9 Å². The third kappa shape index (κ3) is 4.92. The Morgan fingerprint density at radius 1 is 1.14 bits per heavy atom. The molecular weight excluding hydrogens is 482 g/mol. The summed E-state index contributed by atoms with van der Waals surface area (Å²) in [5, 5.41) is 16.9. The molecule has 1 atom stereocenters. The van der Waals surface area contributed by atoms with Crippen molar-refractivity contribution in [1.82, 2.24) is 24.5 Å². The zero-order valence-electron chi connectivity index (χ0n) is 20.6. The maximum absolute atomic E-state index is 14.9. The van der Waals surface area contributed by atoms with Gasteiger partial charge in [-0.1, -0.05) is 6.07 Å². The lowest BCUT2D eigenvalue weighted by atomic mass is 9.86. The average Bonchev–Trinajstić information content (AvgIpc) is 3.32. The number of rotatable bonds is 8. The van der Waals surface area contributed by atoms with Crippen LogP contribution in [0.2, 0.25) is 0 Å². The Hall–Kier alpha value is -3.83. The van der Waals surface area contributed by atoms with E-state index < -0.39 is 11.8 Å². The van der Waals surface area contributed by atoms with E-state index in [1.807, 2.05) is 24.3 Å². The Bertz CT molecular complexity index is 1400. The summed E-state index contributed by atoms with van der Waals surface area (Å²) in [4.78, 5) is 10.3. The molecule has 1 aliphatic heterocycles. The van der Waals surface area contributed by atoms with Crippen LogP contribution in [0.3, 0.4) is 0 Å². The van der Waals surface area contributed by atoms with Crippen LogP contribution in [-0.2, 0) is 0 Å². The highest BCUT2D eigenvalue weighted by Gasteiger charge is 2.45. The van der Waals surface area contributed by atoms with Crippen LogP contribution in [-0.4, -0.2) is 76.0 Å². The molecule has 1 aliphatic rings. The van der Waals surface area contributed by atoms with Crippen molar-refractivity contribution >= 4 is 17.2 Å². The van der Waals surface area contributed by atoms with Gasteiger partial charge in [-0.25, -0.2) is 23.3 Å². The molecule has 4 aromatic rings. The van der Waals surface area contributed by atoms with Crippen LogP contribution in [0.1, 0.15) is 17.9 Å². The van der Waals surface area contributed by atoms with Crippen LogP contribution >= 0.6 is 0 Å². The SMILES string of the molecule is COc1cc(C2CCN(CCO)CC2(F)F)ccc1Nc1ncc2ccc(-c3cccnc3OC)n2n1. The quantitative estimate of drug-likeness (QED) is 0.368. The number of fused-ring (bicyclic) bond motifs is 1. The molecule has 1 unspecified atom stereocenters. The number of benzene rings is 1. The molecule has 0 saturated carbocycles. The molecule has 0 bridgehead atoms. The molecule has 37 heavy (non-hydrogen) atoms. The van der Waals surface area contributed by atoms with Gasteiger partial charge in [0.25, 0.3) is 5.92 Å². The fraction of sp³-hybridized carbons (Fsp3) is 0.346. The largest absolute Gasteiger partial charge is 0.495 e. The van der Waals surface area contributed by atoms with E-state index in [1.54, 1.807) is 47.1 Å². The van der Waals surface area contributed by atoms with Gasteiger partial charge in [0.1, 0.15) is 5.75 Å². The lowest BCUT2D eigenvalue weighted by Gasteiger charge is -2.38. The van der Waals surface area contributed by atoms with Gasteiger partial charge in [0.15, 0.2) is 0 Å². The summed E-state index contributed by atoms with van der Waals surface area (Å²) in [5.74, 6) is -2.65. The molecule has 1 fully saturated rings. The highest BCUT2D eigenvalue weighted by molar-refractivity contribution is 5.71. The van der Waals surface area contributed by atoms with E-state index in [9.17, 15) is 8.78 Å². The number of piperidine rings is 1. The van der Waals surface area contributed by atoms with Crippen molar-refractivity contribution < 1.29 is 23.4 Å². The molecule has 0 amide bonds. The monoisotopic (exact) mass is 510 g/mol. The average molecular weight is 511 g/mol. The van der Waals surface area contributed by atoms with Crippen LogP contribution in [0.25, 0.3) is 16.8 Å². The topological polar surface area (TPSA) is 97.0 Å². The Balaban J connectivity index is 1.42. The van der Waals surface area contributed by atoms with E-state index >= 15 is 0 Å². The number of aromatic nitrogens is 4. The van der Waals surface area contributed by atoms with E-state index in [2.05, 4.69) is 20.4 Å². The summed E-state index contributed by atoms with van der Waals surface area (Å²) in [6, 6.07) is 12.6. The second-order valence-electron chi connectivity index (χ2n) is 8.88. The molecule has 1 aromatic carbocycles. The second kappa shape index (κ2) is 10.3. The second-order valence-corrected chi connectivity index (χ2v) is 8.88. The predicted molar refractivity (Wildman–Crippen MR) is 135 cm³/mol. The molecule has 3 aromatic heterocycles. The summed E-state index contributed by atoms with van der Waals surface area (Å²) < 4.78 is 42.6. The van der Waals surface area contributed by atoms with E-state index in [4.69, 9.17) is 14.6 Å². The Kier molecular flexibility index (Phi) is 6.90. The molecule has 194 valence electrons. The van der Waals surface area contributed by atoms with Gasteiger partial charge in [0.2, 0.25) is 11.8 Å². The number of hydrogen-bond donors (Lipinski definition) is 2. The Morgan fingerprint density at radius 3 is 2.76 bits per heavy atom. The van der Waals surface area contributed by atoms with Gasteiger partial charge in [0.05, 0.1) is 61.9 Å². The predicted octanol–water partition coefficient (Wildman–Crippen LogP) is 3.97. The fourth-order valence-electron chi connectivity index (χ4n) is 4.81. The number of β-amino-alcohol motifs (C(OH)–C–C–N with tert-alkyl or cyclic N) is 1. The van der Waals surface area contributed by atoms with Crippen LogP contribution in [0.15, 0.2) is 54.9 Å². The number of nitrogens with zero attached hydrogens (tertiary/aromatic N) is 5. The summed E-state index contributed by atoms with van der Waals surface area (Å²) in [7, 11) is 3.06. The minimum absolute atomic E-state index is 0.136. The van der Waals surface area contributed by atoms with Crippen LogP contribution in [0.4, 0.5) is 20.4 Å². The third-order valence-electron chi connectivity index (χ3n) is 6.61. The number of aliphatic hydroxyl groups excluding tert-OH is 1. The number of ether oxygens (including phenoxy) is 2. The molecule has 0 aliphatic carbocycles. The first-order valence-corrected chi connectivity index (χ1v) is 11.9. The van der Waals surface area contributed by atoms with Crippen LogP contribution in [0, 0.1) is 0 Å². The zero-order valence-corrected chi connectivity index (χ0v) is 20.6. The molecule has 2 N–H and O–H groups in total. The smallest absolute Gasteiger partial charge is 0.267 e. The number of pyridine rings is 1. The molecule has 9 nitrogen and oxygen atoms in total. The fourth-order valence-corrected chi connectivity index (χ4v) is 4.81. The molecule has 0 spiro atoms. The maximum Gasteiger partial charge on any atom is 0.267 e. The number of alkyl halides is 2. The summed E-state index contributed by atoms with van der Waals surface area (Å²) >= 11 is 0. The number of anilines is 2. The maximum atomic E-state index is 14.9. The number of hydrogen-bond acceptors (Lipinski definition) is 8. The van der Waals surface area contributed by atoms with E-state index in [-0.39, 0.29) is 26.1 Å². The van der Waals surface area contributed by atoms with Crippen molar-refractivity contribution in [2.75, 3.05) is 45.8 Å². The molecule has 4 heterocycles. The summed E-state index contributed by atoms with van der Waals surface area (Å²) in [6.07, 6.45) is 3.63. The van der Waals surface area contributed by atoms with Crippen molar-refractivity contribution in [3.63, 3.8) is 0 Å². The lowest BCUT2D eigenvalue weighted by Crippen LogP contribution is -2.48. The lowest BCUT2D eigenvalue weighted by molar-refractivity contribution is -0.0847. The van der Waals surface area contributed by atoms with Gasteiger partial charge >= 0.3 is 0 Å². The Labute approximate surface area is 212 Å². The normalized spacial score (nSPS) is 17.6. The van der Waals surface area contributed by atoms with Gasteiger partial charge in [-0.2, -0.15) is 0 Å². The minimum atomic E-state index is -2.92. The Morgan fingerprint density at radius 2 is 2.00 bits per heavy atom. The van der Waals surface area contributed by atoms with Crippen LogP contribution < -0.4 is 14.8 Å². The highest BCUT2D eigenvalue weighted by Crippen LogP contribution is 2.42. The molecule has 11 heteroatoms. The number of aliphatic hydroxyl groups is 1. The number of likely N-dealkylation sites (tertiary alicyclic amines) is 1. The first kappa shape index (κ1) is 24.8. The van der Waals surface area contributed by atoms with Gasteiger partial charge in [-0.3, -0.25) is 4.90 Å². The van der Waals surface area contributed by atoms with E-state index in [1.165, 1.54) is 7.11 Å². The number of halogens is 2. The third-order valence-corrected chi connectivity index (χ3v) is 6.61. The van der Waals surface area contributed by atoms with Gasteiger partial charge in [-0.05, 0) is 54.9 Å². The first-order chi connectivity index (χ1) is 17.9. The number of methoxy groups -OCH3 is 2. The minimum Gasteiger partial charge on any atom is -0.495 e. The molecular formula is C26H28F2N6O3. The highest BCUT2D eigenvalue weighted by atomic mass is 19.3. The van der Waals surface area contributed by atoms with Crippen molar-refractivity contribution in [2.45, 2.75) is 18.3 Å². The zero-order chi connectivity index (χ0) is 26.0. The first-order valence-electron chi connectivity index (χ1n) is 11.9. The van der Waals surface area contributed by atoms with Crippen molar-refractivity contribution in [1.29, 1.82) is 0 Å². The van der Waals surface area contributed by atoms with E-state index in [0.717, 1.165) is 16.8 Å². The van der Waals surface area contributed by atoms with Crippen molar-refractivity contribution in [2.24, 2.45) is 0 Å². The molecule has 1 saturated heterocycles. The van der Waals surface area contributed by atoms with Gasteiger partial charge in [-0.15, -0.1) is 5.10 Å². The molecule has 0 radical (unpaired) electrons. The number of nitrogens with one attached hydrogen (secondary N) is 1. The summed E-state index contributed by atoms with van der Waals surface area (Å²) in [6.45, 7) is 0.228. The van der Waals surface area contributed by atoms with Crippen molar-refractivity contribution in [3.8, 4) is 22.9 Å². The standard InChI is InChI=1S/C26H28F2N6O3/c1-36-23-14-17(20-9-11-33(12-13-35)16-26(20,27)28)5-7-21(23)31-25-30-15-18-6-8-22(34(18)32-25)19-4-3-10-29-24(19)37-2/h3-8,10,14-15,20,35H,9,11-13,16H2,1-2H3,(H,31,32). The van der Waals surface area contributed by atoms with Crippen LogP contribution in [0.5, 0.6) is 11.6 Å². The van der Waals surface area contributed by atoms with Crippen molar-refractivity contribution in [3.05, 3.63) is 60.4 Å². The molecule has 5 rings (SSSR count). The summed E-state index contributed by atoms with van der Waals surface area (Å²) in [5.41, 5.74) is 3.40.